The number of hydrogen-bond acceptors (Lipinski definition) is 5. The van der Waals surface area contributed by atoms with Crippen LogP contribution in [0.5, 0.6) is 0 Å². The highest BCUT2D eigenvalue weighted by atomic mass is 16.4. The number of aliphatic carboxylic acids is 1. The summed E-state index contributed by atoms with van der Waals surface area (Å²) < 4.78 is 0. The van der Waals surface area contributed by atoms with Gasteiger partial charge in [0.1, 0.15) is 18.1 Å². The molecule has 1 aromatic carbocycles. The monoisotopic (exact) mass is 513 g/mol. The summed E-state index contributed by atoms with van der Waals surface area (Å²) in [6.07, 6.45) is 3.52. The number of carboxylic acids is 1. The average molecular weight is 514 g/mol. The number of aromatic nitrogens is 1. The van der Waals surface area contributed by atoms with Crippen LogP contribution >= 0.6 is 0 Å². The second-order valence-corrected chi connectivity index (χ2v) is 10.3. The fourth-order valence-electron chi connectivity index (χ4n) is 4.71. The summed E-state index contributed by atoms with van der Waals surface area (Å²) in [5, 5.41) is 16.2. The molecule has 5 atom stereocenters. The van der Waals surface area contributed by atoms with Gasteiger partial charge in [-0.3, -0.25) is 14.4 Å². The molecule has 202 valence electrons. The van der Waals surface area contributed by atoms with Gasteiger partial charge in [-0.25, -0.2) is 4.79 Å². The molecule has 0 radical (unpaired) electrons. The van der Waals surface area contributed by atoms with Crippen LogP contribution in [-0.4, -0.2) is 69.4 Å². The molecule has 5 unspecified atom stereocenters. The van der Waals surface area contributed by atoms with Crippen molar-refractivity contribution >= 4 is 34.6 Å². The lowest BCUT2D eigenvalue weighted by molar-refractivity contribution is -0.145. The van der Waals surface area contributed by atoms with Crippen molar-refractivity contribution in [3.05, 3.63) is 36.0 Å². The molecule has 10 nitrogen and oxygen atoms in total. The number of aromatic amines is 1. The minimum absolute atomic E-state index is 0.0944. The van der Waals surface area contributed by atoms with Crippen LogP contribution in [0.4, 0.5) is 0 Å². The molecule has 3 rings (SSSR count). The van der Waals surface area contributed by atoms with Crippen LogP contribution in [0.2, 0.25) is 0 Å². The maximum Gasteiger partial charge on any atom is 0.326 e. The lowest BCUT2D eigenvalue weighted by Crippen LogP contribution is -2.59. The predicted molar refractivity (Wildman–Crippen MR) is 141 cm³/mol. The Hall–Kier alpha value is -3.40. The van der Waals surface area contributed by atoms with E-state index in [4.69, 9.17) is 5.73 Å². The number of carboxylic acid groups (broad SMARTS) is 1. The number of nitrogens with zero attached hydrogens (tertiary/aromatic N) is 1. The van der Waals surface area contributed by atoms with Crippen molar-refractivity contribution in [1.29, 1.82) is 0 Å². The van der Waals surface area contributed by atoms with E-state index in [-0.39, 0.29) is 24.2 Å². The van der Waals surface area contributed by atoms with Gasteiger partial charge in [-0.2, -0.15) is 0 Å². The van der Waals surface area contributed by atoms with E-state index in [9.17, 15) is 24.3 Å². The molecular weight excluding hydrogens is 474 g/mol. The molecule has 0 bridgehead atoms. The summed E-state index contributed by atoms with van der Waals surface area (Å²) in [6, 6.07) is 4.02. The molecule has 1 aliphatic heterocycles. The minimum atomic E-state index is -1.15. The van der Waals surface area contributed by atoms with Gasteiger partial charge in [0.25, 0.3) is 0 Å². The quantitative estimate of drug-likeness (QED) is 0.308. The van der Waals surface area contributed by atoms with Crippen molar-refractivity contribution in [1.82, 2.24) is 20.5 Å². The largest absolute Gasteiger partial charge is 0.480 e. The average Bonchev–Trinajstić information content (AvgIpc) is 3.53. The van der Waals surface area contributed by atoms with Gasteiger partial charge in [-0.15, -0.1) is 0 Å². The molecular formula is C27H39N5O5. The van der Waals surface area contributed by atoms with E-state index in [2.05, 4.69) is 15.6 Å². The summed E-state index contributed by atoms with van der Waals surface area (Å²) in [6.45, 7) is 7.82. The second-order valence-electron chi connectivity index (χ2n) is 10.3. The Morgan fingerprint density at radius 3 is 2.51 bits per heavy atom. The van der Waals surface area contributed by atoms with E-state index < -0.39 is 42.0 Å². The zero-order valence-corrected chi connectivity index (χ0v) is 22.0. The minimum Gasteiger partial charge on any atom is -0.480 e. The highest BCUT2D eigenvalue weighted by Gasteiger charge is 2.40. The van der Waals surface area contributed by atoms with Crippen LogP contribution in [0.3, 0.4) is 0 Å². The number of H-pyrrole nitrogens is 1. The second kappa shape index (κ2) is 12.2. The third kappa shape index (κ3) is 6.49. The van der Waals surface area contributed by atoms with Gasteiger partial charge in [-0.1, -0.05) is 52.3 Å². The number of carbonyl (C=O) groups excluding carboxylic acids is 3. The van der Waals surface area contributed by atoms with E-state index >= 15 is 0 Å². The summed E-state index contributed by atoms with van der Waals surface area (Å²) in [4.78, 5) is 56.1. The fourth-order valence-corrected chi connectivity index (χ4v) is 4.71. The molecule has 1 fully saturated rings. The van der Waals surface area contributed by atoms with Crippen LogP contribution in [-0.2, 0) is 25.6 Å². The highest BCUT2D eigenvalue weighted by molar-refractivity contribution is 5.95. The molecule has 6 N–H and O–H groups in total. The number of nitrogens with one attached hydrogen (secondary N) is 3. The third-order valence-corrected chi connectivity index (χ3v) is 7.35. The lowest BCUT2D eigenvalue weighted by atomic mass is 9.96. The summed E-state index contributed by atoms with van der Waals surface area (Å²) >= 11 is 0. The molecule has 2 heterocycles. The first kappa shape index (κ1) is 28.2. The Morgan fingerprint density at radius 2 is 1.86 bits per heavy atom. The number of benzene rings is 1. The molecule has 37 heavy (non-hydrogen) atoms. The van der Waals surface area contributed by atoms with Crippen molar-refractivity contribution in [3.8, 4) is 0 Å². The molecule has 1 aliphatic rings. The standard InChI is InChI=1S/C27H39N5O5/c1-5-16(4)23(31-25(34)22(28)15(2)3)26(35)32-12-8-11-21(32)24(33)30-20(27(36)37)13-17-14-29-19-10-7-6-9-18(17)19/h6-7,9-10,14-16,20-23,29H,5,8,11-13,28H2,1-4H3,(H,30,33)(H,31,34)(H,36,37). The number of likely N-dealkylation sites (tertiary alicyclic amines) is 1. The Morgan fingerprint density at radius 1 is 1.16 bits per heavy atom. The molecule has 10 heteroatoms. The SMILES string of the molecule is CCC(C)C(NC(=O)C(N)C(C)C)C(=O)N1CCCC1C(=O)NC(Cc1c[nH]c2ccccc12)C(=O)O. The van der Waals surface area contributed by atoms with Crippen LogP contribution < -0.4 is 16.4 Å². The van der Waals surface area contributed by atoms with Crippen molar-refractivity contribution in [2.45, 2.75) is 77.5 Å². The van der Waals surface area contributed by atoms with Gasteiger partial charge in [0.05, 0.1) is 6.04 Å². The summed E-state index contributed by atoms with van der Waals surface area (Å²) in [7, 11) is 0. The topological polar surface area (TPSA) is 158 Å². The Balaban J connectivity index is 1.74. The van der Waals surface area contributed by atoms with Crippen LogP contribution in [0.15, 0.2) is 30.5 Å². The number of rotatable bonds is 11. The van der Waals surface area contributed by atoms with Crippen LogP contribution in [0.1, 0.15) is 52.5 Å². The highest BCUT2D eigenvalue weighted by Crippen LogP contribution is 2.23. The molecule has 1 aromatic heterocycles. The van der Waals surface area contributed by atoms with E-state index in [0.29, 0.717) is 25.8 Å². The molecule has 0 saturated carbocycles. The third-order valence-electron chi connectivity index (χ3n) is 7.35. The predicted octanol–water partition coefficient (Wildman–Crippen LogP) is 1.79. The van der Waals surface area contributed by atoms with Crippen molar-refractivity contribution in [3.63, 3.8) is 0 Å². The van der Waals surface area contributed by atoms with E-state index in [1.54, 1.807) is 6.20 Å². The van der Waals surface area contributed by atoms with Gasteiger partial charge >= 0.3 is 5.97 Å². The first-order valence-electron chi connectivity index (χ1n) is 13.0. The first-order chi connectivity index (χ1) is 17.5. The normalized spacial score (nSPS) is 18.9. The summed E-state index contributed by atoms with van der Waals surface area (Å²) in [5.41, 5.74) is 7.66. The van der Waals surface area contributed by atoms with Crippen LogP contribution in [0, 0.1) is 11.8 Å². The number of hydrogen-bond donors (Lipinski definition) is 5. The molecule has 3 amide bonds. The maximum absolute atomic E-state index is 13.6. The van der Waals surface area contributed by atoms with E-state index in [1.165, 1.54) is 4.90 Å². The van der Waals surface area contributed by atoms with Crippen molar-refractivity contribution < 1.29 is 24.3 Å². The molecule has 2 aromatic rings. The van der Waals surface area contributed by atoms with Crippen LogP contribution in [0.25, 0.3) is 10.9 Å². The Labute approximate surface area is 217 Å². The number of amides is 3. The number of fused-ring (bicyclic) bond motifs is 1. The maximum atomic E-state index is 13.6. The summed E-state index contributed by atoms with van der Waals surface area (Å²) in [5.74, 6) is -2.68. The van der Waals surface area contributed by atoms with Crippen molar-refractivity contribution in [2.75, 3.05) is 6.54 Å². The van der Waals surface area contributed by atoms with Crippen molar-refractivity contribution in [2.24, 2.45) is 17.6 Å². The zero-order chi connectivity index (χ0) is 27.3. The zero-order valence-electron chi connectivity index (χ0n) is 22.0. The Kier molecular flexibility index (Phi) is 9.31. The van der Waals surface area contributed by atoms with Gasteiger partial charge in [0, 0.05) is 30.1 Å². The van der Waals surface area contributed by atoms with Gasteiger partial charge < -0.3 is 31.4 Å². The number of carbonyl (C=O) groups is 4. The van der Waals surface area contributed by atoms with E-state index in [0.717, 1.165) is 16.5 Å². The number of para-hydroxylation sites is 1. The fraction of sp³-hybridized carbons (Fsp3) is 0.556. The van der Waals surface area contributed by atoms with Gasteiger partial charge in [0.2, 0.25) is 17.7 Å². The van der Waals surface area contributed by atoms with E-state index in [1.807, 2.05) is 52.0 Å². The molecule has 0 aliphatic carbocycles. The molecule has 1 saturated heterocycles. The first-order valence-corrected chi connectivity index (χ1v) is 13.0. The number of nitrogens with two attached hydrogens (primary N) is 1. The van der Waals surface area contributed by atoms with Gasteiger partial charge in [-0.05, 0) is 36.3 Å². The Bertz CT molecular complexity index is 1130. The smallest absolute Gasteiger partial charge is 0.326 e. The molecule has 0 spiro atoms. The van der Waals surface area contributed by atoms with Gasteiger partial charge in [0.15, 0.2) is 0 Å². The lowest BCUT2D eigenvalue weighted by Gasteiger charge is -2.32.